The van der Waals surface area contributed by atoms with E-state index in [0.29, 0.717) is 6.04 Å². The Bertz CT molecular complexity index is 346. The predicted molar refractivity (Wildman–Crippen MR) is 80.9 cm³/mol. The van der Waals surface area contributed by atoms with Gasteiger partial charge >= 0.3 is 0 Å². The molecular formula is C14H22INO. The molecule has 0 radical (unpaired) electrons. The van der Waals surface area contributed by atoms with E-state index < -0.39 is 0 Å². The van der Waals surface area contributed by atoms with Gasteiger partial charge in [0.1, 0.15) is 0 Å². The molecule has 0 aromatic heterocycles. The van der Waals surface area contributed by atoms with Crippen LogP contribution in [-0.2, 0) is 6.54 Å². The van der Waals surface area contributed by atoms with Crippen molar-refractivity contribution < 1.29 is 5.11 Å². The first-order valence-corrected chi connectivity index (χ1v) is 7.10. The van der Waals surface area contributed by atoms with Gasteiger partial charge < -0.3 is 10.4 Å². The normalized spacial score (nSPS) is 13.7. The molecule has 1 aromatic rings. The monoisotopic (exact) mass is 347 g/mol. The third-order valence-corrected chi connectivity index (χ3v) is 3.58. The molecule has 1 aromatic carbocycles. The van der Waals surface area contributed by atoms with Crippen LogP contribution in [0.15, 0.2) is 24.3 Å². The highest BCUT2D eigenvalue weighted by Crippen LogP contribution is 2.22. The molecule has 0 saturated carbocycles. The van der Waals surface area contributed by atoms with Crippen molar-refractivity contribution in [3.05, 3.63) is 33.4 Å². The van der Waals surface area contributed by atoms with E-state index in [2.05, 4.69) is 72.9 Å². The van der Waals surface area contributed by atoms with Crippen LogP contribution in [0.2, 0.25) is 0 Å². The van der Waals surface area contributed by atoms with Crippen molar-refractivity contribution in [3.8, 4) is 0 Å². The molecular weight excluding hydrogens is 325 g/mol. The molecule has 3 heteroatoms. The zero-order valence-electron chi connectivity index (χ0n) is 10.8. The van der Waals surface area contributed by atoms with E-state index in [1.807, 2.05) is 0 Å². The van der Waals surface area contributed by atoms with Crippen molar-refractivity contribution >= 4 is 22.6 Å². The minimum atomic E-state index is 0.171. The summed E-state index contributed by atoms with van der Waals surface area (Å²) in [4.78, 5) is 0. The highest BCUT2D eigenvalue weighted by molar-refractivity contribution is 14.1. The van der Waals surface area contributed by atoms with Gasteiger partial charge in [-0.05, 0) is 52.1 Å². The number of nitrogens with one attached hydrogen (secondary N) is 1. The van der Waals surface area contributed by atoms with Crippen LogP contribution in [0.25, 0.3) is 0 Å². The van der Waals surface area contributed by atoms with E-state index in [1.54, 1.807) is 0 Å². The van der Waals surface area contributed by atoms with Gasteiger partial charge in [0.05, 0.1) is 0 Å². The van der Waals surface area contributed by atoms with Gasteiger partial charge in [-0.2, -0.15) is 0 Å². The van der Waals surface area contributed by atoms with Crippen molar-refractivity contribution in [3.63, 3.8) is 0 Å². The van der Waals surface area contributed by atoms with Crippen molar-refractivity contribution in [2.24, 2.45) is 5.41 Å². The third-order valence-electron chi connectivity index (χ3n) is 2.90. The van der Waals surface area contributed by atoms with Gasteiger partial charge in [-0.15, -0.1) is 0 Å². The van der Waals surface area contributed by atoms with Crippen LogP contribution in [0, 0.1) is 8.99 Å². The van der Waals surface area contributed by atoms with Gasteiger partial charge in [0.15, 0.2) is 0 Å². The summed E-state index contributed by atoms with van der Waals surface area (Å²) in [7, 11) is 0. The summed E-state index contributed by atoms with van der Waals surface area (Å²) in [5.41, 5.74) is 1.47. The van der Waals surface area contributed by atoms with E-state index in [-0.39, 0.29) is 12.0 Å². The fraction of sp³-hybridized carbons (Fsp3) is 0.571. The van der Waals surface area contributed by atoms with Crippen LogP contribution >= 0.6 is 22.6 Å². The van der Waals surface area contributed by atoms with Crippen LogP contribution in [0.5, 0.6) is 0 Å². The lowest BCUT2D eigenvalue weighted by Crippen LogP contribution is -2.40. The van der Waals surface area contributed by atoms with Crippen molar-refractivity contribution in [2.45, 2.75) is 39.8 Å². The number of aliphatic hydroxyl groups is 1. The lowest BCUT2D eigenvalue weighted by atomic mass is 9.85. The van der Waals surface area contributed by atoms with E-state index in [4.69, 9.17) is 5.11 Å². The smallest absolute Gasteiger partial charge is 0.0446 e. The molecule has 0 aliphatic rings. The fourth-order valence-corrected chi connectivity index (χ4v) is 2.47. The standard InChI is InChI=1S/C14H22INO/c1-14(2,3)13(7-8-17)16-10-11-5-4-6-12(15)9-11/h4-6,9,13,16-17H,7-8,10H2,1-3H3. The van der Waals surface area contributed by atoms with E-state index in [0.717, 1.165) is 13.0 Å². The Balaban J connectivity index is 2.58. The minimum Gasteiger partial charge on any atom is -0.396 e. The number of hydrogen-bond acceptors (Lipinski definition) is 2. The van der Waals surface area contributed by atoms with Crippen molar-refractivity contribution in [1.82, 2.24) is 5.32 Å². The summed E-state index contributed by atoms with van der Waals surface area (Å²) in [6.07, 6.45) is 0.799. The minimum absolute atomic E-state index is 0.171. The lowest BCUT2D eigenvalue weighted by molar-refractivity contribution is 0.196. The summed E-state index contributed by atoms with van der Waals surface area (Å²) in [6.45, 7) is 7.71. The molecule has 17 heavy (non-hydrogen) atoms. The Morgan fingerprint density at radius 2 is 2.06 bits per heavy atom. The third kappa shape index (κ3) is 5.36. The zero-order valence-corrected chi connectivity index (χ0v) is 13.0. The molecule has 1 unspecified atom stereocenters. The number of rotatable bonds is 5. The molecule has 2 nitrogen and oxygen atoms in total. The summed E-state index contributed by atoms with van der Waals surface area (Å²) >= 11 is 2.33. The first kappa shape index (κ1) is 14.9. The highest BCUT2D eigenvalue weighted by atomic mass is 127. The van der Waals surface area contributed by atoms with Crippen molar-refractivity contribution in [2.75, 3.05) is 6.61 Å². The van der Waals surface area contributed by atoms with Gasteiger partial charge in [0.25, 0.3) is 0 Å². The molecule has 0 spiro atoms. The maximum absolute atomic E-state index is 9.10. The number of benzene rings is 1. The highest BCUT2D eigenvalue weighted by Gasteiger charge is 2.23. The van der Waals surface area contributed by atoms with Crippen LogP contribution in [0.1, 0.15) is 32.8 Å². The molecule has 2 N–H and O–H groups in total. The van der Waals surface area contributed by atoms with Crippen molar-refractivity contribution in [1.29, 1.82) is 0 Å². The summed E-state index contributed by atoms with van der Waals surface area (Å²) in [5.74, 6) is 0. The molecule has 96 valence electrons. The average Bonchev–Trinajstić information content (AvgIpc) is 2.22. The summed E-state index contributed by atoms with van der Waals surface area (Å²) in [6, 6.07) is 8.83. The Hall–Kier alpha value is -0.130. The van der Waals surface area contributed by atoms with E-state index in [9.17, 15) is 0 Å². The second-order valence-corrected chi connectivity index (χ2v) is 6.69. The molecule has 1 rings (SSSR count). The Morgan fingerprint density at radius 3 is 2.59 bits per heavy atom. The first-order chi connectivity index (χ1) is 7.93. The predicted octanol–water partition coefficient (Wildman–Crippen LogP) is 3.18. The molecule has 0 saturated heterocycles. The SMILES string of the molecule is CC(C)(C)C(CCO)NCc1cccc(I)c1. The van der Waals surface area contributed by atoms with Crippen LogP contribution in [0.3, 0.4) is 0 Å². The van der Waals surface area contributed by atoms with Crippen LogP contribution < -0.4 is 5.32 Å². The number of halogens is 1. The number of aliphatic hydroxyl groups excluding tert-OH is 1. The molecule has 0 aliphatic heterocycles. The molecule has 0 fully saturated rings. The zero-order chi connectivity index (χ0) is 12.9. The molecule has 0 amide bonds. The largest absolute Gasteiger partial charge is 0.396 e. The molecule has 0 bridgehead atoms. The Morgan fingerprint density at radius 1 is 1.35 bits per heavy atom. The van der Waals surface area contributed by atoms with E-state index in [1.165, 1.54) is 9.13 Å². The maximum Gasteiger partial charge on any atom is 0.0446 e. The topological polar surface area (TPSA) is 32.3 Å². The maximum atomic E-state index is 9.10. The molecule has 1 atom stereocenters. The fourth-order valence-electron chi connectivity index (χ4n) is 1.86. The Labute approximate surface area is 118 Å². The number of hydrogen-bond donors (Lipinski definition) is 2. The van der Waals surface area contributed by atoms with Gasteiger partial charge in [-0.1, -0.05) is 32.9 Å². The second-order valence-electron chi connectivity index (χ2n) is 5.44. The van der Waals surface area contributed by atoms with Gasteiger partial charge in [0.2, 0.25) is 0 Å². The van der Waals surface area contributed by atoms with Gasteiger partial charge in [-0.25, -0.2) is 0 Å². The molecule has 0 aliphatic carbocycles. The first-order valence-electron chi connectivity index (χ1n) is 6.02. The van der Waals surface area contributed by atoms with Crippen LogP contribution in [-0.4, -0.2) is 17.8 Å². The quantitative estimate of drug-likeness (QED) is 0.802. The van der Waals surface area contributed by atoms with Gasteiger partial charge in [0, 0.05) is 22.8 Å². The summed E-state index contributed by atoms with van der Waals surface area (Å²) < 4.78 is 1.26. The lowest BCUT2D eigenvalue weighted by Gasteiger charge is -2.31. The second kappa shape index (κ2) is 6.71. The molecule has 0 heterocycles. The van der Waals surface area contributed by atoms with E-state index >= 15 is 0 Å². The Kier molecular flexibility index (Phi) is 5.89. The summed E-state index contributed by atoms with van der Waals surface area (Å²) in [5, 5.41) is 12.6. The average molecular weight is 347 g/mol. The van der Waals surface area contributed by atoms with Gasteiger partial charge in [-0.3, -0.25) is 0 Å². The van der Waals surface area contributed by atoms with Crippen LogP contribution in [0.4, 0.5) is 0 Å².